The van der Waals surface area contributed by atoms with Gasteiger partial charge in [0.2, 0.25) is 0 Å². The molecule has 4 heteroatoms. The highest BCUT2D eigenvalue weighted by Crippen LogP contribution is 2.22. The zero-order valence-electron chi connectivity index (χ0n) is 13.2. The highest BCUT2D eigenvalue weighted by Gasteiger charge is 2.12. The van der Waals surface area contributed by atoms with Gasteiger partial charge in [-0.3, -0.25) is 0 Å². The van der Waals surface area contributed by atoms with Gasteiger partial charge in [0.15, 0.2) is 0 Å². The minimum Gasteiger partial charge on any atom is -0.497 e. The molecule has 0 amide bonds. The Balaban J connectivity index is 2.66. The fourth-order valence-electron chi connectivity index (χ4n) is 2.30. The molecule has 0 spiro atoms. The van der Waals surface area contributed by atoms with E-state index in [4.69, 9.17) is 4.74 Å². The molecular formula is C16H27BrN2O. The molecule has 114 valence electrons. The molecule has 0 heterocycles. The number of nitrogens with one attached hydrogen (secondary N) is 1. The quantitative estimate of drug-likeness (QED) is 0.782. The first kappa shape index (κ1) is 17.5. The molecule has 3 nitrogen and oxygen atoms in total. The Kier molecular flexibility index (Phi) is 7.56. The maximum absolute atomic E-state index is 5.29. The summed E-state index contributed by atoms with van der Waals surface area (Å²) in [5.74, 6) is 1.60. The number of halogens is 1. The van der Waals surface area contributed by atoms with Gasteiger partial charge in [0.25, 0.3) is 0 Å². The highest BCUT2D eigenvalue weighted by molar-refractivity contribution is 9.10. The third kappa shape index (κ3) is 6.25. The molecule has 0 radical (unpaired) electrons. The number of likely N-dealkylation sites (N-methyl/N-ethyl adjacent to an activating group) is 1. The van der Waals surface area contributed by atoms with Gasteiger partial charge in [0.05, 0.1) is 7.11 Å². The van der Waals surface area contributed by atoms with Crippen LogP contribution in [0.2, 0.25) is 0 Å². The number of ether oxygens (including phenoxy) is 1. The molecule has 1 atom stereocenters. The second-order valence-electron chi connectivity index (χ2n) is 5.93. The smallest absolute Gasteiger partial charge is 0.119 e. The second kappa shape index (κ2) is 8.65. The van der Waals surface area contributed by atoms with Crippen molar-refractivity contribution in [1.29, 1.82) is 0 Å². The lowest BCUT2D eigenvalue weighted by molar-refractivity contribution is 0.304. The summed E-state index contributed by atoms with van der Waals surface area (Å²) in [5, 5.41) is 3.66. The SMILES string of the molecule is COc1ccc(Br)c(CNC(CC(C)C)CN(C)C)c1. The second-order valence-corrected chi connectivity index (χ2v) is 6.78. The predicted molar refractivity (Wildman–Crippen MR) is 89.3 cm³/mol. The van der Waals surface area contributed by atoms with Crippen molar-refractivity contribution in [1.82, 2.24) is 10.2 Å². The largest absolute Gasteiger partial charge is 0.497 e. The Morgan fingerprint density at radius 1 is 1.30 bits per heavy atom. The summed E-state index contributed by atoms with van der Waals surface area (Å²) in [6.45, 7) is 6.44. The van der Waals surface area contributed by atoms with Crippen LogP contribution in [0.25, 0.3) is 0 Å². The Morgan fingerprint density at radius 2 is 2.00 bits per heavy atom. The molecule has 0 bridgehead atoms. The summed E-state index contributed by atoms with van der Waals surface area (Å²) in [5.41, 5.74) is 1.23. The molecule has 0 aliphatic heterocycles. The van der Waals surface area contributed by atoms with E-state index in [9.17, 15) is 0 Å². The van der Waals surface area contributed by atoms with E-state index in [2.05, 4.69) is 60.2 Å². The van der Waals surface area contributed by atoms with Gasteiger partial charge in [-0.05, 0) is 50.2 Å². The molecule has 0 saturated carbocycles. The molecule has 1 unspecified atom stereocenters. The van der Waals surface area contributed by atoms with Crippen molar-refractivity contribution in [3.05, 3.63) is 28.2 Å². The van der Waals surface area contributed by atoms with Crippen molar-refractivity contribution in [3.8, 4) is 5.75 Å². The van der Waals surface area contributed by atoms with E-state index in [1.165, 1.54) is 12.0 Å². The van der Waals surface area contributed by atoms with Gasteiger partial charge in [-0.1, -0.05) is 29.8 Å². The molecule has 0 saturated heterocycles. The number of rotatable bonds is 8. The molecule has 0 fully saturated rings. The Bertz CT molecular complexity index is 397. The van der Waals surface area contributed by atoms with Crippen molar-refractivity contribution in [2.75, 3.05) is 27.7 Å². The highest BCUT2D eigenvalue weighted by atomic mass is 79.9. The van der Waals surface area contributed by atoms with E-state index in [0.29, 0.717) is 12.0 Å². The van der Waals surface area contributed by atoms with Crippen LogP contribution in [-0.2, 0) is 6.54 Å². The van der Waals surface area contributed by atoms with E-state index in [1.807, 2.05) is 12.1 Å². The molecule has 20 heavy (non-hydrogen) atoms. The molecular weight excluding hydrogens is 316 g/mol. The number of hydrogen-bond acceptors (Lipinski definition) is 3. The number of nitrogens with zero attached hydrogens (tertiary/aromatic N) is 1. The molecule has 1 N–H and O–H groups in total. The van der Waals surface area contributed by atoms with E-state index < -0.39 is 0 Å². The summed E-state index contributed by atoms with van der Waals surface area (Å²) in [4.78, 5) is 2.24. The van der Waals surface area contributed by atoms with Gasteiger partial charge in [0.1, 0.15) is 5.75 Å². The van der Waals surface area contributed by atoms with Crippen molar-refractivity contribution >= 4 is 15.9 Å². The van der Waals surface area contributed by atoms with Crippen LogP contribution in [0.4, 0.5) is 0 Å². The van der Waals surface area contributed by atoms with E-state index in [1.54, 1.807) is 7.11 Å². The first-order valence-corrected chi connectivity index (χ1v) is 7.92. The van der Waals surface area contributed by atoms with Gasteiger partial charge in [-0.15, -0.1) is 0 Å². The number of methoxy groups -OCH3 is 1. The van der Waals surface area contributed by atoms with Gasteiger partial charge < -0.3 is 15.0 Å². The molecule has 0 aliphatic carbocycles. The first-order chi connectivity index (χ1) is 9.42. The van der Waals surface area contributed by atoms with Crippen LogP contribution in [-0.4, -0.2) is 38.7 Å². The van der Waals surface area contributed by atoms with Crippen LogP contribution in [0.15, 0.2) is 22.7 Å². The average molecular weight is 343 g/mol. The third-order valence-corrected chi connectivity index (χ3v) is 3.95. The minimum atomic E-state index is 0.503. The van der Waals surface area contributed by atoms with Crippen LogP contribution < -0.4 is 10.1 Å². The molecule has 1 rings (SSSR count). The number of hydrogen-bond donors (Lipinski definition) is 1. The lowest BCUT2D eigenvalue weighted by atomic mass is 10.0. The molecule has 0 aromatic heterocycles. The van der Waals surface area contributed by atoms with Crippen molar-refractivity contribution in [2.24, 2.45) is 5.92 Å². The summed E-state index contributed by atoms with van der Waals surface area (Å²) in [6.07, 6.45) is 1.18. The van der Waals surface area contributed by atoms with Gasteiger partial charge in [-0.25, -0.2) is 0 Å². The predicted octanol–water partition coefficient (Wildman–Crippen LogP) is 3.52. The Labute approximate surface area is 131 Å². The zero-order valence-corrected chi connectivity index (χ0v) is 14.8. The third-order valence-electron chi connectivity index (χ3n) is 3.18. The summed E-state index contributed by atoms with van der Waals surface area (Å²) in [6, 6.07) is 6.60. The minimum absolute atomic E-state index is 0.503. The Hall–Kier alpha value is -0.580. The van der Waals surface area contributed by atoms with Crippen LogP contribution in [0, 0.1) is 5.92 Å². The zero-order chi connectivity index (χ0) is 15.1. The molecule has 1 aromatic rings. The van der Waals surface area contributed by atoms with Crippen molar-refractivity contribution < 1.29 is 4.74 Å². The van der Waals surface area contributed by atoms with Gasteiger partial charge >= 0.3 is 0 Å². The molecule has 0 aliphatic rings. The van der Waals surface area contributed by atoms with Crippen LogP contribution in [0.5, 0.6) is 5.75 Å². The topological polar surface area (TPSA) is 24.5 Å². The van der Waals surface area contributed by atoms with Crippen LogP contribution >= 0.6 is 15.9 Å². The summed E-state index contributed by atoms with van der Waals surface area (Å²) >= 11 is 3.61. The maximum atomic E-state index is 5.29. The number of benzene rings is 1. The van der Waals surface area contributed by atoms with Gasteiger partial charge in [-0.2, -0.15) is 0 Å². The standard InChI is InChI=1S/C16H27BrN2O/c1-12(2)8-14(11-19(3)4)18-10-13-9-15(20-5)6-7-16(13)17/h6-7,9,12,14,18H,8,10-11H2,1-5H3. The molecule has 1 aromatic carbocycles. The van der Waals surface area contributed by atoms with E-state index in [-0.39, 0.29) is 0 Å². The average Bonchev–Trinajstić information content (AvgIpc) is 2.36. The maximum Gasteiger partial charge on any atom is 0.119 e. The van der Waals surface area contributed by atoms with E-state index >= 15 is 0 Å². The lowest BCUT2D eigenvalue weighted by Gasteiger charge is -2.24. The van der Waals surface area contributed by atoms with E-state index in [0.717, 1.165) is 23.3 Å². The monoisotopic (exact) mass is 342 g/mol. The van der Waals surface area contributed by atoms with Crippen LogP contribution in [0.3, 0.4) is 0 Å². The van der Waals surface area contributed by atoms with Crippen molar-refractivity contribution in [3.63, 3.8) is 0 Å². The van der Waals surface area contributed by atoms with Gasteiger partial charge in [0, 0.05) is 23.6 Å². The summed E-state index contributed by atoms with van der Waals surface area (Å²) in [7, 11) is 5.95. The normalized spacial score (nSPS) is 13.0. The first-order valence-electron chi connectivity index (χ1n) is 7.13. The van der Waals surface area contributed by atoms with Crippen LogP contribution in [0.1, 0.15) is 25.8 Å². The Morgan fingerprint density at radius 3 is 2.55 bits per heavy atom. The fraction of sp³-hybridized carbons (Fsp3) is 0.625. The fourth-order valence-corrected chi connectivity index (χ4v) is 2.69. The lowest BCUT2D eigenvalue weighted by Crippen LogP contribution is -2.38. The summed E-state index contributed by atoms with van der Waals surface area (Å²) < 4.78 is 6.41. The van der Waals surface area contributed by atoms with Crippen molar-refractivity contribution in [2.45, 2.75) is 32.9 Å².